The van der Waals surface area contributed by atoms with Crippen LogP contribution in [0, 0.1) is 24.0 Å². The number of nitrogens with one attached hydrogen (secondary N) is 3. The molecule has 3 aromatic rings. The molecule has 3 N–H and O–H groups in total. The number of nitro benzene ring substituents is 1. The van der Waals surface area contributed by atoms with Gasteiger partial charge in [-0.3, -0.25) is 20.3 Å². The molecule has 0 radical (unpaired) electrons. The molecule has 0 aliphatic heterocycles. The molecule has 0 saturated carbocycles. The molecular weight excluding hydrogens is 392 g/mol. The molecule has 0 fully saturated rings. The third-order valence-corrected chi connectivity index (χ3v) is 5.10. The van der Waals surface area contributed by atoms with Crippen molar-refractivity contribution in [3.05, 3.63) is 80.0 Å². The molecule has 0 bridgehead atoms. The SMILES string of the molecule is Cc1ccc(-c2c(C(=O)NNC(=O)Nc3ccc([N+](=O)[O-])cc3)csc2C)cc1. The van der Waals surface area contributed by atoms with Crippen LogP contribution in [0.2, 0.25) is 0 Å². The van der Waals surface area contributed by atoms with E-state index in [0.29, 0.717) is 11.3 Å². The van der Waals surface area contributed by atoms with Gasteiger partial charge in [0.15, 0.2) is 0 Å². The molecule has 1 heterocycles. The van der Waals surface area contributed by atoms with Gasteiger partial charge in [-0.2, -0.15) is 0 Å². The number of hydrazine groups is 1. The molecule has 2 aromatic carbocycles. The van der Waals surface area contributed by atoms with E-state index in [2.05, 4.69) is 16.2 Å². The Balaban J connectivity index is 1.64. The van der Waals surface area contributed by atoms with Crippen molar-refractivity contribution in [2.24, 2.45) is 0 Å². The number of non-ortho nitro benzene ring substituents is 1. The monoisotopic (exact) mass is 410 g/mol. The molecule has 148 valence electrons. The van der Waals surface area contributed by atoms with Crippen LogP contribution in [0.5, 0.6) is 0 Å². The second kappa shape index (κ2) is 8.53. The zero-order chi connectivity index (χ0) is 21.0. The Labute approximate surface area is 170 Å². The maximum absolute atomic E-state index is 12.6. The number of nitrogens with zero attached hydrogens (tertiary/aromatic N) is 1. The minimum atomic E-state index is -0.670. The summed E-state index contributed by atoms with van der Waals surface area (Å²) in [6, 6.07) is 12.5. The quantitative estimate of drug-likeness (QED) is 0.437. The van der Waals surface area contributed by atoms with E-state index < -0.39 is 16.9 Å². The molecule has 0 atom stereocenters. The van der Waals surface area contributed by atoms with Gasteiger partial charge in [0.2, 0.25) is 0 Å². The van der Waals surface area contributed by atoms with Crippen molar-refractivity contribution in [1.82, 2.24) is 10.9 Å². The summed E-state index contributed by atoms with van der Waals surface area (Å²) >= 11 is 1.45. The molecule has 0 aliphatic carbocycles. The molecule has 3 amide bonds. The summed E-state index contributed by atoms with van der Waals surface area (Å²) < 4.78 is 0. The highest BCUT2D eigenvalue weighted by atomic mass is 32.1. The molecule has 3 rings (SSSR count). The third kappa shape index (κ3) is 4.77. The second-order valence-corrected chi connectivity index (χ2v) is 7.37. The van der Waals surface area contributed by atoms with Crippen LogP contribution in [0.4, 0.5) is 16.2 Å². The van der Waals surface area contributed by atoms with Crippen molar-refractivity contribution in [2.75, 3.05) is 5.32 Å². The first-order chi connectivity index (χ1) is 13.8. The van der Waals surface area contributed by atoms with Gasteiger partial charge >= 0.3 is 6.03 Å². The van der Waals surface area contributed by atoms with Crippen LogP contribution in [-0.2, 0) is 0 Å². The maximum atomic E-state index is 12.6. The third-order valence-electron chi connectivity index (χ3n) is 4.19. The van der Waals surface area contributed by atoms with Crippen molar-refractivity contribution in [1.29, 1.82) is 0 Å². The van der Waals surface area contributed by atoms with Crippen LogP contribution < -0.4 is 16.2 Å². The van der Waals surface area contributed by atoms with Crippen LogP contribution in [0.1, 0.15) is 20.8 Å². The van der Waals surface area contributed by atoms with Gasteiger partial charge in [0, 0.05) is 33.6 Å². The van der Waals surface area contributed by atoms with E-state index in [9.17, 15) is 19.7 Å². The smallest absolute Gasteiger partial charge is 0.307 e. The number of aryl methyl sites for hydroxylation is 2. The fourth-order valence-electron chi connectivity index (χ4n) is 2.71. The van der Waals surface area contributed by atoms with E-state index in [-0.39, 0.29) is 5.69 Å². The lowest BCUT2D eigenvalue weighted by Gasteiger charge is -2.10. The molecule has 29 heavy (non-hydrogen) atoms. The summed E-state index contributed by atoms with van der Waals surface area (Å²) in [5.74, 6) is -0.441. The predicted octanol–water partition coefficient (Wildman–Crippen LogP) is 4.41. The predicted molar refractivity (Wildman–Crippen MR) is 112 cm³/mol. The highest BCUT2D eigenvalue weighted by Gasteiger charge is 2.18. The van der Waals surface area contributed by atoms with E-state index in [0.717, 1.165) is 21.6 Å². The second-order valence-electron chi connectivity index (χ2n) is 6.28. The Hall–Kier alpha value is -3.72. The van der Waals surface area contributed by atoms with E-state index in [1.54, 1.807) is 5.38 Å². The highest BCUT2D eigenvalue weighted by Crippen LogP contribution is 2.32. The summed E-state index contributed by atoms with van der Waals surface area (Å²) in [6.45, 7) is 3.93. The number of benzene rings is 2. The number of carbonyl (C=O) groups is 2. The van der Waals surface area contributed by atoms with E-state index >= 15 is 0 Å². The summed E-state index contributed by atoms with van der Waals surface area (Å²) in [5.41, 5.74) is 8.28. The number of anilines is 1. The number of carbonyl (C=O) groups excluding carboxylic acids is 2. The van der Waals surface area contributed by atoms with Crippen LogP contribution in [0.15, 0.2) is 53.9 Å². The Morgan fingerprint density at radius 1 is 0.966 bits per heavy atom. The largest absolute Gasteiger partial charge is 0.337 e. The lowest BCUT2D eigenvalue weighted by atomic mass is 10.0. The fraction of sp³-hybridized carbons (Fsp3) is 0.100. The van der Waals surface area contributed by atoms with Crippen molar-refractivity contribution < 1.29 is 14.5 Å². The topological polar surface area (TPSA) is 113 Å². The molecule has 0 unspecified atom stereocenters. The summed E-state index contributed by atoms with van der Waals surface area (Å²) in [5, 5.41) is 14.9. The number of hydrogen-bond donors (Lipinski definition) is 3. The maximum Gasteiger partial charge on any atom is 0.337 e. The fourth-order valence-corrected chi connectivity index (χ4v) is 3.58. The Kier molecular flexibility index (Phi) is 5.89. The minimum absolute atomic E-state index is 0.0827. The highest BCUT2D eigenvalue weighted by molar-refractivity contribution is 7.10. The van der Waals surface area contributed by atoms with Gasteiger partial charge in [-0.05, 0) is 31.5 Å². The number of thiophene rings is 1. The molecule has 9 heteroatoms. The Bertz CT molecular complexity index is 1060. The zero-order valence-corrected chi connectivity index (χ0v) is 16.5. The van der Waals surface area contributed by atoms with E-state index in [1.165, 1.54) is 35.6 Å². The van der Waals surface area contributed by atoms with Gasteiger partial charge in [0.25, 0.3) is 11.6 Å². The lowest BCUT2D eigenvalue weighted by molar-refractivity contribution is -0.384. The summed E-state index contributed by atoms with van der Waals surface area (Å²) in [4.78, 5) is 35.7. The van der Waals surface area contributed by atoms with E-state index in [1.807, 2.05) is 38.1 Å². The van der Waals surface area contributed by atoms with Gasteiger partial charge in [-0.25, -0.2) is 10.2 Å². The number of rotatable bonds is 4. The molecular formula is C20H18N4O4S. The van der Waals surface area contributed by atoms with Crippen LogP contribution in [0.3, 0.4) is 0 Å². The van der Waals surface area contributed by atoms with Crippen LogP contribution >= 0.6 is 11.3 Å². The minimum Gasteiger partial charge on any atom is -0.307 e. The normalized spacial score (nSPS) is 10.3. The number of hydrogen-bond acceptors (Lipinski definition) is 5. The standard InChI is InChI=1S/C20H18N4O4S/c1-12-3-5-14(6-4-12)18-13(2)29-11-17(18)19(25)22-23-20(26)21-15-7-9-16(10-8-15)24(27)28/h3-11H,1-2H3,(H,22,25)(H2,21,23,26). The molecule has 0 spiro atoms. The summed E-state index contributed by atoms with van der Waals surface area (Å²) in [7, 11) is 0. The number of amides is 3. The van der Waals surface area contributed by atoms with Gasteiger partial charge in [0.05, 0.1) is 10.5 Å². The summed E-state index contributed by atoms with van der Waals surface area (Å²) in [6.07, 6.45) is 0. The molecule has 0 aliphatic rings. The van der Waals surface area contributed by atoms with Crippen molar-refractivity contribution in [3.8, 4) is 11.1 Å². The number of nitro groups is 1. The average molecular weight is 410 g/mol. The molecule has 1 aromatic heterocycles. The number of urea groups is 1. The average Bonchev–Trinajstić information content (AvgIpc) is 3.09. The van der Waals surface area contributed by atoms with Crippen LogP contribution in [0.25, 0.3) is 11.1 Å². The van der Waals surface area contributed by atoms with Gasteiger partial charge in [-0.15, -0.1) is 11.3 Å². The first-order valence-electron chi connectivity index (χ1n) is 8.62. The Morgan fingerprint density at radius 2 is 1.62 bits per heavy atom. The molecule has 0 saturated heterocycles. The van der Waals surface area contributed by atoms with Crippen molar-refractivity contribution >= 4 is 34.6 Å². The van der Waals surface area contributed by atoms with Crippen molar-refractivity contribution in [2.45, 2.75) is 13.8 Å². The van der Waals surface area contributed by atoms with Gasteiger partial charge in [-0.1, -0.05) is 29.8 Å². The molecule has 8 nitrogen and oxygen atoms in total. The van der Waals surface area contributed by atoms with Gasteiger partial charge < -0.3 is 5.32 Å². The Morgan fingerprint density at radius 3 is 2.24 bits per heavy atom. The van der Waals surface area contributed by atoms with Crippen LogP contribution in [-0.4, -0.2) is 16.9 Å². The van der Waals surface area contributed by atoms with E-state index in [4.69, 9.17) is 0 Å². The van der Waals surface area contributed by atoms with Crippen molar-refractivity contribution in [3.63, 3.8) is 0 Å². The first kappa shape index (κ1) is 20.0. The first-order valence-corrected chi connectivity index (χ1v) is 9.50. The van der Waals surface area contributed by atoms with Gasteiger partial charge in [0.1, 0.15) is 0 Å². The zero-order valence-electron chi connectivity index (χ0n) is 15.7. The lowest BCUT2D eigenvalue weighted by Crippen LogP contribution is -2.43.